The molecule has 5 aromatic carbocycles. The molecule has 0 saturated carbocycles. The summed E-state index contributed by atoms with van der Waals surface area (Å²) in [6, 6.07) is 23.1. The van der Waals surface area contributed by atoms with Gasteiger partial charge < -0.3 is 15.4 Å². The Bertz CT molecular complexity index is 2180. The molecule has 14 nitrogen and oxygen atoms in total. The maximum absolute atomic E-state index is 12.2. The zero-order valence-corrected chi connectivity index (χ0v) is 29.8. The van der Waals surface area contributed by atoms with E-state index >= 15 is 0 Å². The number of hydrogen-bond donors (Lipinski definition) is 2. The summed E-state index contributed by atoms with van der Waals surface area (Å²) in [5.74, 6) is -0.388. The van der Waals surface area contributed by atoms with Crippen LogP contribution in [0.25, 0.3) is 10.8 Å². The number of hydrogen-bond acceptors (Lipinski definition) is 13. The molecular formula is C28H19N7Na2O7S2. The predicted octanol–water partition coefficient (Wildman–Crippen LogP) is 0.901. The van der Waals surface area contributed by atoms with Gasteiger partial charge in [-0.25, -0.2) is 8.42 Å². The van der Waals surface area contributed by atoms with Gasteiger partial charge in [-0.1, -0.05) is 36.1 Å². The first-order valence-electron chi connectivity index (χ1n) is 12.4. The average molecular weight is 676 g/mol. The molecule has 0 bridgehead atoms. The Morgan fingerprint density at radius 2 is 1.07 bits per heavy atom. The number of rotatable bonds is 8. The Morgan fingerprint density at radius 1 is 0.587 bits per heavy atom. The first kappa shape index (κ1) is 37.0. The maximum Gasteiger partial charge on any atom is 1.00 e. The van der Waals surface area contributed by atoms with E-state index in [1.807, 2.05) is 0 Å². The summed E-state index contributed by atoms with van der Waals surface area (Å²) < 4.78 is 70.2. The predicted molar refractivity (Wildman–Crippen MR) is 157 cm³/mol. The monoisotopic (exact) mass is 675 g/mol. The van der Waals surface area contributed by atoms with E-state index < -0.39 is 30.0 Å². The van der Waals surface area contributed by atoms with Gasteiger partial charge in [0.15, 0.2) is 0 Å². The van der Waals surface area contributed by atoms with Crippen molar-refractivity contribution in [2.24, 2.45) is 30.7 Å². The normalized spacial score (nSPS) is 12.0. The molecule has 5 rings (SSSR count). The second kappa shape index (κ2) is 15.4. The fraction of sp³-hybridized carbons (Fsp3) is 0. The summed E-state index contributed by atoms with van der Waals surface area (Å²) >= 11 is 0. The molecule has 222 valence electrons. The molecule has 0 spiro atoms. The smallest absolute Gasteiger partial charge is 0.871 e. The molecule has 3 N–H and O–H groups in total. The van der Waals surface area contributed by atoms with Gasteiger partial charge in [0.2, 0.25) is 0 Å². The second-order valence-electron chi connectivity index (χ2n) is 9.06. The van der Waals surface area contributed by atoms with Gasteiger partial charge in [-0.2, -0.15) is 23.8 Å². The van der Waals surface area contributed by atoms with E-state index in [1.54, 1.807) is 30.3 Å². The maximum atomic E-state index is 12.2. The van der Waals surface area contributed by atoms with Crippen molar-refractivity contribution in [3.8, 4) is 5.75 Å². The molecule has 0 fully saturated rings. The quantitative estimate of drug-likeness (QED) is 0.103. The van der Waals surface area contributed by atoms with Crippen LogP contribution in [-0.2, 0) is 20.2 Å². The van der Waals surface area contributed by atoms with Crippen LogP contribution in [0.3, 0.4) is 0 Å². The fourth-order valence-corrected chi connectivity index (χ4v) is 5.17. The zero-order chi connectivity index (χ0) is 31.5. The van der Waals surface area contributed by atoms with Gasteiger partial charge >= 0.3 is 59.1 Å². The van der Waals surface area contributed by atoms with Gasteiger partial charge in [0.1, 0.15) is 32.1 Å². The van der Waals surface area contributed by atoms with Crippen molar-refractivity contribution in [2.45, 2.75) is 9.79 Å². The summed E-state index contributed by atoms with van der Waals surface area (Å²) in [5.41, 5.74) is 6.38. The molecule has 0 saturated heterocycles. The zero-order valence-electron chi connectivity index (χ0n) is 24.2. The molecule has 0 unspecified atom stereocenters. The minimum absolute atomic E-state index is 0. The summed E-state index contributed by atoms with van der Waals surface area (Å²) in [4.78, 5) is -1.42. The summed E-state index contributed by atoms with van der Waals surface area (Å²) in [5, 5.41) is 35.9. The molecule has 0 radical (unpaired) electrons. The van der Waals surface area contributed by atoms with Crippen molar-refractivity contribution in [2.75, 3.05) is 5.73 Å². The molecule has 0 aliphatic rings. The Morgan fingerprint density at radius 3 is 1.59 bits per heavy atom. The van der Waals surface area contributed by atoms with Crippen molar-refractivity contribution >= 4 is 70.8 Å². The summed E-state index contributed by atoms with van der Waals surface area (Å²) in [7, 11) is -9.92. The van der Waals surface area contributed by atoms with E-state index in [4.69, 9.17) is 5.73 Å². The van der Waals surface area contributed by atoms with E-state index in [-0.39, 0.29) is 104 Å². The van der Waals surface area contributed by atoms with Gasteiger partial charge in [0.05, 0.1) is 27.6 Å². The first-order valence-corrected chi connectivity index (χ1v) is 15.2. The van der Waals surface area contributed by atoms with Crippen LogP contribution >= 0.6 is 0 Å². The largest absolute Gasteiger partial charge is 1.00 e. The minimum Gasteiger partial charge on any atom is -0.871 e. The van der Waals surface area contributed by atoms with E-state index in [1.165, 1.54) is 54.6 Å². The molecule has 0 heterocycles. The van der Waals surface area contributed by atoms with Crippen LogP contribution in [0.1, 0.15) is 0 Å². The van der Waals surface area contributed by atoms with E-state index in [2.05, 4.69) is 30.7 Å². The van der Waals surface area contributed by atoms with Crippen LogP contribution in [0, 0.1) is 0 Å². The minimum atomic E-state index is -5.06. The van der Waals surface area contributed by atoms with E-state index in [0.29, 0.717) is 11.4 Å². The van der Waals surface area contributed by atoms with Crippen LogP contribution in [0.15, 0.2) is 138 Å². The van der Waals surface area contributed by atoms with Gasteiger partial charge in [0, 0.05) is 0 Å². The standard InChI is InChI=1S/C28H21N7O7S2.2Na/c29-22-7-4-8-25(36)28(22)35-32-21-11-9-20(10-12-21)31-34-24-14-17-13-23(33-30-19-5-2-1-3-6-19)26(43(37,38)39)15-18(17)16-27(24)44(40,41)42;;/h1-16,36H,29H2,(H,37,38,39)(H,40,41,42);;/q;2*+1/p-2. The molecule has 0 aromatic heterocycles. The van der Waals surface area contributed by atoms with Crippen LogP contribution in [0.2, 0.25) is 0 Å². The number of nitrogen functional groups attached to an aromatic ring is 1. The van der Waals surface area contributed by atoms with Crippen molar-refractivity contribution < 1.29 is 90.2 Å². The van der Waals surface area contributed by atoms with Gasteiger partial charge in [-0.15, -0.1) is 15.3 Å². The molecule has 0 atom stereocenters. The average Bonchev–Trinajstić information content (AvgIpc) is 2.98. The molecule has 0 aliphatic heterocycles. The molecular weight excluding hydrogens is 656 g/mol. The van der Waals surface area contributed by atoms with Gasteiger partial charge in [-0.3, -0.25) is 4.55 Å². The van der Waals surface area contributed by atoms with Crippen LogP contribution in [-0.4, -0.2) is 25.9 Å². The molecule has 18 heteroatoms. The van der Waals surface area contributed by atoms with Crippen LogP contribution in [0.5, 0.6) is 5.75 Å². The van der Waals surface area contributed by atoms with Crippen molar-refractivity contribution in [1.29, 1.82) is 0 Å². The van der Waals surface area contributed by atoms with Crippen molar-refractivity contribution in [1.82, 2.24) is 0 Å². The van der Waals surface area contributed by atoms with E-state index in [9.17, 15) is 31.0 Å². The number of nitrogens with zero attached hydrogens (tertiary/aromatic N) is 6. The third kappa shape index (κ3) is 9.10. The van der Waals surface area contributed by atoms with Gasteiger partial charge in [0.25, 0.3) is 10.1 Å². The summed E-state index contributed by atoms with van der Waals surface area (Å²) in [6.07, 6.45) is 0. The second-order valence-corrected chi connectivity index (χ2v) is 11.8. The number of anilines is 1. The Labute approximate surface area is 307 Å². The number of benzene rings is 5. The molecule has 0 amide bonds. The van der Waals surface area contributed by atoms with Crippen molar-refractivity contribution in [3.63, 3.8) is 0 Å². The number of nitrogens with two attached hydrogens (primary N) is 1. The molecule has 46 heavy (non-hydrogen) atoms. The van der Waals surface area contributed by atoms with Crippen LogP contribution in [0.4, 0.5) is 39.8 Å². The van der Waals surface area contributed by atoms with E-state index in [0.717, 1.165) is 12.1 Å². The Balaban J connectivity index is 0.00000288. The van der Waals surface area contributed by atoms with Crippen molar-refractivity contribution in [3.05, 3.63) is 97.1 Å². The van der Waals surface area contributed by atoms with Crippen LogP contribution < -0.4 is 70.0 Å². The third-order valence-corrected chi connectivity index (χ3v) is 7.74. The third-order valence-electron chi connectivity index (χ3n) is 5.99. The first-order chi connectivity index (χ1) is 20.9. The molecule has 5 aromatic rings. The SMILES string of the molecule is Nc1cccc([O-])c1N=Nc1ccc(N=Nc2cc3cc(N=Nc4ccccc4)c(S(=O)(=O)[O-])cc3cc2S(=O)(=O)O)cc1.[Na+].[Na+]. The molecule has 0 aliphatic carbocycles. The Kier molecular flexibility index (Phi) is 12.4. The number of fused-ring (bicyclic) bond motifs is 1. The number of azo groups is 3. The van der Waals surface area contributed by atoms with Gasteiger partial charge in [-0.05, 0) is 77.5 Å². The Hall–Kier alpha value is -3.42. The summed E-state index contributed by atoms with van der Waals surface area (Å²) in [6.45, 7) is 0. The topological polar surface area (TPSA) is 235 Å². The fourth-order valence-electron chi connectivity index (χ4n) is 3.90.